The van der Waals surface area contributed by atoms with E-state index in [1.54, 1.807) is 0 Å². The van der Waals surface area contributed by atoms with Gasteiger partial charge in [-0.25, -0.2) is 4.39 Å². The summed E-state index contributed by atoms with van der Waals surface area (Å²) in [6, 6.07) is 2.98. The number of halogens is 3. The zero-order valence-electron chi connectivity index (χ0n) is 6.27. The molecule has 0 aliphatic rings. The lowest BCUT2D eigenvalue weighted by Crippen LogP contribution is -1.91. The van der Waals surface area contributed by atoms with Crippen LogP contribution >= 0.6 is 0 Å². The van der Waals surface area contributed by atoms with Crippen molar-refractivity contribution in [3.05, 3.63) is 36.0 Å². The first kappa shape index (κ1) is 8.90. The van der Waals surface area contributed by atoms with Crippen LogP contribution in [0.3, 0.4) is 0 Å². The van der Waals surface area contributed by atoms with E-state index in [2.05, 4.69) is 4.74 Å². The molecule has 0 N–H and O–H groups in total. The predicted octanol–water partition coefficient (Wildman–Crippen LogP) is 2.61. The van der Waals surface area contributed by atoms with Crippen molar-refractivity contribution in [2.24, 2.45) is 0 Å². The monoisotopic (exact) mass is 175 g/mol. The summed E-state index contributed by atoms with van der Waals surface area (Å²) < 4.78 is 41.1. The molecule has 65 valence electrons. The van der Waals surface area contributed by atoms with E-state index in [9.17, 15) is 13.2 Å². The highest BCUT2D eigenvalue weighted by molar-refractivity contribution is 5.33. The maximum atomic E-state index is 12.7. The Morgan fingerprint density at radius 1 is 1.33 bits per heavy atom. The van der Waals surface area contributed by atoms with E-state index >= 15 is 0 Å². The summed E-state index contributed by atoms with van der Waals surface area (Å²) in [6.45, 7) is 0. The average Bonchev–Trinajstić information content (AvgIpc) is 2.04. The van der Waals surface area contributed by atoms with Crippen molar-refractivity contribution in [3.8, 4) is 5.75 Å². The van der Waals surface area contributed by atoms with E-state index in [0.29, 0.717) is 0 Å². The lowest BCUT2D eigenvalue weighted by atomic mass is 10.2. The molecule has 0 saturated carbocycles. The molecule has 0 atom stereocenters. The maximum absolute atomic E-state index is 12.7. The van der Waals surface area contributed by atoms with Gasteiger partial charge in [0, 0.05) is 5.56 Å². The first-order valence-corrected chi connectivity index (χ1v) is 3.17. The Kier molecular flexibility index (Phi) is 2.58. The van der Waals surface area contributed by atoms with Crippen LogP contribution in [0.25, 0.3) is 0 Å². The third-order valence-corrected chi connectivity index (χ3v) is 1.37. The largest absolute Gasteiger partial charge is 0.494 e. The minimum absolute atomic E-state index is 0.0417. The number of rotatable bonds is 2. The van der Waals surface area contributed by atoms with E-state index in [-0.39, 0.29) is 5.75 Å². The van der Waals surface area contributed by atoms with Gasteiger partial charge in [-0.2, -0.15) is 8.78 Å². The van der Waals surface area contributed by atoms with E-state index in [0.717, 1.165) is 18.2 Å². The molecule has 0 fully saturated rings. The number of methoxy groups -OCH3 is 1. The normalized spacial score (nSPS) is 10.4. The van der Waals surface area contributed by atoms with Gasteiger partial charge in [-0.3, -0.25) is 0 Å². The lowest BCUT2D eigenvalue weighted by molar-refractivity contribution is 0.322. The molecule has 4 heteroatoms. The SMILES string of the molecule is COc1ccc([C](F)F)cc1F. The Balaban J connectivity index is 3.02. The molecule has 0 saturated heterocycles. The fourth-order valence-electron chi connectivity index (χ4n) is 0.784. The second kappa shape index (κ2) is 3.47. The summed E-state index contributed by atoms with van der Waals surface area (Å²) in [7, 11) is 1.27. The van der Waals surface area contributed by atoms with Crippen molar-refractivity contribution >= 4 is 0 Å². The molecule has 1 nitrogen and oxygen atoms in total. The summed E-state index contributed by atoms with van der Waals surface area (Å²) in [6.07, 6.45) is -1.91. The molecule has 1 rings (SSSR count). The van der Waals surface area contributed by atoms with Gasteiger partial charge in [-0.15, -0.1) is 0 Å². The predicted molar refractivity (Wildman–Crippen MR) is 37.5 cm³/mol. The number of benzene rings is 1. The average molecular weight is 175 g/mol. The van der Waals surface area contributed by atoms with Gasteiger partial charge in [0.05, 0.1) is 7.11 Å². The van der Waals surface area contributed by atoms with Gasteiger partial charge in [0.15, 0.2) is 11.6 Å². The van der Waals surface area contributed by atoms with E-state index in [1.165, 1.54) is 7.11 Å². The number of hydrogen-bond donors (Lipinski definition) is 0. The number of ether oxygens (including phenoxy) is 1. The molecule has 0 aliphatic carbocycles. The summed E-state index contributed by atoms with van der Waals surface area (Å²) in [5.41, 5.74) is -0.423. The minimum atomic E-state index is -1.91. The highest BCUT2D eigenvalue weighted by Gasteiger charge is 2.12. The summed E-state index contributed by atoms with van der Waals surface area (Å²) in [5, 5.41) is 0. The molecular formula is C8H6F3O. The second-order valence-electron chi connectivity index (χ2n) is 2.11. The Morgan fingerprint density at radius 2 is 2.00 bits per heavy atom. The van der Waals surface area contributed by atoms with Crippen molar-refractivity contribution in [3.63, 3.8) is 0 Å². The third-order valence-electron chi connectivity index (χ3n) is 1.37. The molecule has 0 amide bonds. The second-order valence-corrected chi connectivity index (χ2v) is 2.11. The third kappa shape index (κ3) is 1.69. The lowest BCUT2D eigenvalue weighted by Gasteiger charge is -2.02. The molecule has 1 radical (unpaired) electrons. The Bertz CT molecular complexity index is 273. The molecule has 0 spiro atoms. The van der Waals surface area contributed by atoms with Gasteiger partial charge in [0.1, 0.15) is 0 Å². The first-order valence-electron chi connectivity index (χ1n) is 3.17. The van der Waals surface area contributed by atoms with E-state index in [1.807, 2.05) is 0 Å². The van der Waals surface area contributed by atoms with Crippen molar-refractivity contribution < 1.29 is 17.9 Å². The summed E-state index contributed by atoms with van der Waals surface area (Å²) in [5.74, 6) is -0.831. The summed E-state index contributed by atoms with van der Waals surface area (Å²) >= 11 is 0. The van der Waals surface area contributed by atoms with Crippen LogP contribution in [0, 0.1) is 12.2 Å². The fraction of sp³-hybridized carbons (Fsp3) is 0.125. The molecule has 0 heterocycles. The van der Waals surface area contributed by atoms with Gasteiger partial charge in [-0.1, -0.05) is 0 Å². The van der Waals surface area contributed by atoms with Crippen molar-refractivity contribution in [1.82, 2.24) is 0 Å². The molecule has 0 aromatic heterocycles. The van der Waals surface area contributed by atoms with Gasteiger partial charge in [0.25, 0.3) is 0 Å². The van der Waals surface area contributed by atoms with Crippen LogP contribution in [0.1, 0.15) is 5.56 Å². The van der Waals surface area contributed by atoms with Gasteiger partial charge < -0.3 is 4.74 Å². The molecule has 1 aromatic carbocycles. The van der Waals surface area contributed by atoms with Gasteiger partial charge in [0.2, 0.25) is 0 Å². The van der Waals surface area contributed by atoms with Gasteiger partial charge in [-0.05, 0) is 18.2 Å². The number of hydrogen-bond acceptors (Lipinski definition) is 1. The van der Waals surface area contributed by atoms with Crippen LogP contribution in [-0.4, -0.2) is 7.11 Å². The Labute approximate surface area is 67.8 Å². The van der Waals surface area contributed by atoms with Crippen LogP contribution in [0.15, 0.2) is 18.2 Å². The zero-order chi connectivity index (χ0) is 9.14. The fourth-order valence-corrected chi connectivity index (χ4v) is 0.784. The van der Waals surface area contributed by atoms with Crippen molar-refractivity contribution in [2.45, 2.75) is 0 Å². The van der Waals surface area contributed by atoms with E-state index < -0.39 is 17.8 Å². The standard InChI is InChI=1S/C8H6F3O/c1-12-7-3-2-5(8(10)11)4-6(7)9/h2-4H,1H3. The first-order chi connectivity index (χ1) is 5.65. The quantitative estimate of drug-likeness (QED) is 0.671. The molecule has 1 aromatic rings. The van der Waals surface area contributed by atoms with Crippen LogP contribution in [-0.2, 0) is 0 Å². The van der Waals surface area contributed by atoms with Crippen LogP contribution in [0.4, 0.5) is 13.2 Å². The minimum Gasteiger partial charge on any atom is -0.494 e. The highest BCUT2D eigenvalue weighted by atomic mass is 19.3. The van der Waals surface area contributed by atoms with Gasteiger partial charge >= 0.3 is 6.43 Å². The summed E-state index contributed by atoms with van der Waals surface area (Å²) in [4.78, 5) is 0. The van der Waals surface area contributed by atoms with E-state index in [4.69, 9.17) is 0 Å². The highest BCUT2D eigenvalue weighted by Crippen LogP contribution is 2.23. The molecule has 0 unspecified atom stereocenters. The zero-order valence-corrected chi connectivity index (χ0v) is 6.27. The van der Waals surface area contributed by atoms with Crippen molar-refractivity contribution in [2.75, 3.05) is 7.11 Å². The maximum Gasteiger partial charge on any atom is 0.339 e. The van der Waals surface area contributed by atoms with Crippen molar-refractivity contribution in [1.29, 1.82) is 0 Å². The molecular weight excluding hydrogens is 169 g/mol. The van der Waals surface area contributed by atoms with Crippen LogP contribution in [0.5, 0.6) is 5.75 Å². The van der Waals surface area contributed by atoms with Crippen LogP contribution < -0.4 is 4.74 Å². The molecule has 0 bridgehead atoms. The molecule has 0 aliphatic heterocycles. The Morgan fingerprint density at radius 3 is 2.42 bits per heavy atom. The Hall–Kier alpha value is -1.19. The topological polar surface area (TPSA) is 9.23 Å². The molecule has 12 heavy (non-hydrogen) atoms. The van der Waals surface area contributed by atoms with Crippen LogP contribution in [0.2, 0.25) is 0 Å². The smallest absolute Gasteiger partial charge is 0.339 e.